The van der Waals surface area contributed by atoms with Crippen LogP contribution in [-0.2, 0) is 10.0 Å². The van der Waals surface area contributed by atoms with E-state index >= 15 is 0 Å². The Bertz CT molecular complexity index is 1010. The van der Waals surface area contributed by atoms with Crippen molar-refractivity contribution < 1.29 is 22.4 Å². The number of nitrogens with one attached hydrogen (secondary N) is 1. The Morgan fingerprint density at radius 1 is 1.04 bits per heavy atom. The van der Waals surface area contributed by atoms with E-state index in [1.165, 1.54) is 26.4 Å². The molecule has 0 aliphatic rings. The summed E-state index contributed by atoms with van der Waals surface area (Å²) in [7, 11) is -1.00. The molecule has 0 saturated carbocycles. The number of rotatable bonds is 6. The molecular formula is C17H17N3O5S. The molecular weight excluding hydrogens is 358 g/mol. The van der Waals surface area contributed by atoms with Crippen LogP contribution in [0.5, 0.6) is 11.5 Å². The summed E-state index contributed by atoms with van der Waals surface area (Å²) in [5.74, 6) is 1.52. The number of hydrogen-bond acceptors (Lipinski definition) is 7. The van der Waals surface area contributed by atoms with Crippen molar-refractivity contribution in [3.8, 4) is 23.0 Å². The average molecular weight is 375 g/mol. The summed E-state index contributed by atoms with van der Waals surface area (Å²) in [5.41, 5.74) is 1.07. The normalized spacial score (nSPS) is 11.2. The van der Waals surface area contributed by atoms with E-state index in [0.29, 0.717) is 28.7 Å². The molecule has 9 heteroatoms. The SMILES string of the molecule is COc1ccc(OC)c(S(=O)(=O)Nc2ccc(-c3nc(C)no3)cc2)c1. The van der Waals surface area contributed by atoms with Crippen LogP contribution in [0.1, 0.15) is 5.82 Å². The van der Waals surface area contributed by atoms with Gasteiger partial charge in [0.25, 0.3) is 15.9 Å². The molecule has 0 bridgehead atoms. The van der Waals surface area contributed by atoms with Gasteiger partial charge in [0, 0.05) is 17.3 Å². The van der Waals surface area contributed by atoms with Gasteiger partial charge in [-0.1, -0.05) is 5.16 Å². The first-order chi connectivity index (χ1) is 12.4. The van der Waals surface area contributed by atoms with Gasteiger partial charge in [0.05, 0.1) is 14.2 Å². The Hall–Kier alpha value is -3.07. The van der Waals surface area contributed by atoms with Crippen molar-refractivity contribution in [1.29, 1.82) is 0 Å². The fourth-order valence-corrected chi connectivity index (χ4v) is 3.54. The topological polar surface area (TPSA) is 104 Å². The van der Waals surface area contributed by atoms with Gasteiger partial charge in [-0.2, -0.15) is 4.98 Å². The van der Waals surface area contributed by atoms with Crippen LogP contribution in [-0.4, -0.2) is 32.8 Å². The highest BCUT2D eigenvalue weighted by Gasteiger charge is 2.21. The van der Waals surface area contributed by atoms with E-state index in [1.807, 2.05) is 0 Å². The summed E-state index contributed by atoms with van der Waals surface area (Å²) in [6.45, 7) is 1.72. The minimum Gasteiger partial charge on any atom is -0.497 e. The Kier molecular flexibility index (Phi) is 4.81. The number of anilines is 1. The third kappa shape index (κ3) is 3.62. The molecule has 3 rings (SSSR count). The quantitative estimate of drug-likeness (QED) is 0.706. The first-order valence-electron chi connectivity index (χ1n) is 7.58. The van der Waals surface area contributed by atoms with E-state index in [2.05, 4.69) is 14.9 Å². The van der Waals surface area contributed by atoms with Crippen LogP contribution in [0.15, 0.2) is 51.9 Å². The smallest absolute Gasteiger partial charge is 0.265 e. The molecule has 26 heavy (non-hydrogen) atoms. The van der Waals surface area contributed by atoms with Crippen LogP contribution >= 0.6 is 0 Å². The second kappa shape index (κ2) is 7.04. The molecule has 0 amide bonds. The van der Waals surface area contributed by atoms with Gasteiger partial charge in [0.15, 0.2) is 5.82 Å². The largest absolute Gasteiger partial charge is 0.497 e. The maximum Gasteiger partial charge on any atom is 0.265 e. The first kappa shape index (κ1) is 17.7. The van der Waals surface area contributed by atoms with Crippen molar-refractivity contribution in [2.45, 2.75) is 11.8 Å². The van der Waals surface area contributed by atoms with Gasteiger partial charge in [-0.25, -0.2) is 8.42 Å². The minimum absolute atomic E-state index is 0.0176. The lowest BCUT2D eigenvalue weighted by molar-refractivity contribution is 0.392. The summed E-state index contributed by atoms with van der Waals surface area (Å²) in [4.78, 5) is 4.11. The van der Waals surface area contributed by atoms with Gasteiger partial charge in [0.2, 0.25) is 0 Å². The molecule has 0 fully saturated rings. The molecule has 0 radical (unpaired) electrons. The number of sulfonamides is 1. The molecule has 1 N–H and O–H groups in total. The first-order valence-corrected chi connectivity index (χ1v) is 9.07. The highest BCUT2D eigenvalue weighted by molar-refractivity contribution is 7.92. The summed E-state index contributed by atoms with van der Waals surface area (Å²) >= 11 is 0. The standard InChI is InChI=1S/C17H17N3O5S/c1-11-18-17(25-19-11)12-4-6-13(7-5-12)20-26(21,22)16-10-14(23-2)8-9-15(16)24-3/h4-10,20H,1-3H3. The van der Waals surface area contributed by atoms with Crippen molar-refractivity contribution >= 4 is 15.7 Å². The Balaban J connectivity index is 1.88. The maximum absolute atomic E-state index is 12.7. The lowest BCUT2D eigenvalue weighted by Crippen LogP contribution is -2.14. The maximum atomic E-state index is 12.7. The fourth-order valence-electron chi connectivity index (χ4n) is 2.30. The molecule has 3 aromatic rings. The number of aryl methyl sites for hydroxylation is 1. The van der Waals surface area contributed by atoms with Crippen LogP contribution < -0.4 is 14.2 Å². The zero-order valence-corrected chi connectivity index (χ0v) is 15.2. The Morgan fingerprint density at radius 2 is 1.77 bits per heavy atom. The number of benzene rings is 2. The molecule has 1 heterocycles. The molecule has 0 aliphatic carbocycles. The number of methoxy groups -OCH3 is 2. The number of aromatic nitrogens is 2. The zero-order chi connectivity index (χ0) is 18.7. The van der Waals surface area contributed by atoms with Gasteiger partial charge in [-0.3, -0.25) is 4.72 Å². The molecule has 2 aromatic carbocycles. The van der Waals surface area contributed by atoms with Gasteiger partial charge >= 0.3 is 0 Å². The summed E-state index contributed by atoms with van der Waals surface area (Å²) in [6, 6.07) is 11.2. The fraction of sp³-hybridized carbons (Fsp3) is 0.176. The summed E-state index contributed by atoms with van der Waals surface area (Å²) in [5, 5.41) is 3.73. The molecule has 0 atom stereocenters. The van der Waals surface area contributed by atoms with Crippen LogP contribution in [0, 0.1) is 6.92 Å². The predicted molar refractivity (Wildman–Crippen MR) is 94.8 cm³/mol. The molecule has 0 unspecified atom stereocenters. The van der Waals surface area contributed by atoms with Crippen LogP contribution in [0.2, 0.25) is 0 Å². The highest BCUT2D eigenvalue weighted by Crippen LogP contribution is 2.30. The lowest BCUT2D eigenvalue weighted by Gasteiger charge is -2.13. The number of hydrogen-bond donors (Lipinski definition) is 1. The van der Waals surface area contributed by atoms with E-state index in [9.17, 15) is 8.42 Å². The van der Waals surface area contributed by atoms with Gasteiger partial charge in [-0.05, 0) is 43.3 Å². The van der Waals surface area contributed by atoms with Crippen molar-refractivity contribution in [2.24, 2.45) is 0 Å². The van der Waals surface area contributed by atoms with Crippen molar-refractivity contribution in [1.82, 2.24) is 10.1 Å². The Morgan fingerprint density at radius 3 is 2.35 bits per heavy atom. The van der Waals surface area contributed by atoms with Crippen molar-refractivity contribution in [3.63, 3.8) is 0 Å². The molecule has 0 saturated heterocycles. The minimum atomic E-state index is -3.87. The third-order valence-electron chi connectivity index (χ3n) is 3.57. The van der Waals surface area contributed by atoms with Gasteiger partial charge in [-0.15, -0.1) is 0 Å². The molecule has 136 valence electrons. The monoisotopic (exact) mass is 375 g/mol. The lowest BCUT2D eigenvalue weighted by atomic mass is 10.2. The van der Waals surface area contributed by atoms with Crippen LogP contribution in [0.3, 0.4) is 0 Å². The molecule has 1 aromatic heterocycles. The Labute approximate surface area is 150 Å². The average Bonchev–Trinajstić information content (AvgIpc) is 3.08. The second-order valence-corrected chi connectivity index (χ2v) is 7.00. The highest BCUT2D eigenvalue weighted by atomic mass is 32.2. The van der Waals surface area contributed by atoms with E-state index in [1.54, 1.807) is 37.3 Å². The number of ether oxygens (including phenoxy) is 2. The predicted octanol–water partition coefficient (Wildman–Crippen LogP) is 2.86. The van der Waals surface area contributed by atoms with Crippen molar-refractivity contribution in [2.75, 3.05) is 18.9 Å². The van der Waals surface area contributed by atoms with Gasteiger partial charge < -0.3 is 14.0 Å². The summed E-state index contributed by atoms with van der Waals surface area (Å²) in [6.07, 6.45) is 0. The van der Waals surface area contributed by atoms with E-state index in [-0.39, 0.29) is 10.6 Å². The van der Waals surface area contributed by atoms with Crippen molar-refractivity contribution in [3.05, 3.63) is 48.3 Å². The molecule has 0 spiro atoms. The van der Waals surface area contributed by atoms with E-state index in [4.69, 9.17) is 14.0 Å². The molecule has 0 aliphatic heterocycles. The van der Waals surface area contributed by atoms with E-state index in [0.717, 1.165) is 0 Å². The van der Waals surface area contributed by atoms with E-state index < -0.39 is 10.0 Å². The zero-order valence-electron chi connectivity index (χ0n) is 14.4. The van der Waals surface area contributed by atoms with Crippen LogP contribution in [0.25, 0.3) is 11.5 Å². The van der Waals surface area contributed by atoms with Gasteiger partial charge in [0.1, 0.15) is 16.4 Å². The number of nitrogens with zero attached hydrogens (tertiary/aromatic N) is 2. The summed E-state index contributed by atoms with van der Waals surface area (Å²) < 4.78 is 43.3. The third-order valence-corrected chi connectivity index (χ3v) is 4.97. The molecule has 8 nitrogen and oxygen atoms in total. The van der Waals surface area contributed by atoms with Crippen LogP contribution in [0.4, 0.5) is 5.69 Å². The second-order valence-electron chi connectivity index (χ2n) is 5.35.